The quantitative estimate of drug-likeness (QED) is 0.820. The van der Waals surface area contributed by atoms with Gasteiger partial charge in [0, 0.05) is 19.8 Å². The molecular formula is C12H19N3O2. The Bertz CT molecular complexity index is 380. The van der Waals surface area contributed by atoms with Crippen molar-refractivity contribution in [2.45, 2.75) is 26.7 Å². The maximum Gasteiger partial charge on any atom is 0.341 e. The van der Waals surface area contributed by atoms with Crippen LogP contribution in [0, 0.1) is 5.92 Å². The summed E-state index contributed by atoms with van der Waals surface area (Å²) in [5.74, 6) is 0.153. The summed E-state index contributed by atoms with van der Waals surface area (Å²) in [6.45, 7) is 5.15. The van der Waals surface area contributed by atoms with Gasteiger partial charge in [-0.05, 0) is 18.8 Å². The standard InChI is InChI=1S/C12H19N3O2/c1-9(2)5-4-6-15(3)11-10(12(16)17)7-13-8-14-11/h7-9H,4-6H2,1-3H3,(H,16,17). The molecule has 0 spiro atoms. The molecule has 1 N–H and O–H groups in total. The van der Waals surface area contributed by atoms with Gasteiger partial charge >= 0.3 is 5.97 Å². The Labute approximate surface area is 102 Å². The zero-order valence-electron chi connectivity index (χ0n) is 10.6. The van der Waals surface area contributed by atoms with Crippen molar-refractivity contribution in [2.75, 3.05) is 18.5 Å². The van der Waals surface area contributed by atoms with Gasteiger partial charge in [0.25, 0.3) is 0 Å². The molecular weight excluding hydrogens is 218 g/mol. The number of aromatic carboxylic acids is 1. The van der Waals surface area contributed by atoms with Crippen molar-refractivity contribution in [2.24, 2.45) is 5.92 Å². The summed E-state index contributed by atoms with van der Waals surface area (Å²) in [5.41, 5.74) is 0.152. The van der Waals surface area contributed by atoms with Gasteiger partial charge in [-0.2, -0.15) is 0 Å². The third kappa shape index (κ3) is 4.01. The third-order valence-corrected chi connectivity index (χ3v) is 2.56. The highest BCUT2D eigenvalue weighted by Crippen LogP contribution is 2.15. The van der Waals surface area contributed by atoms with Crippen LogP contribution in [0.25, 0.3) is 0 Å². The van der Waals surface area contributed by atoms with E-state index in [2.05, 4.69) is 23.8 Å². The first-order chi connectivity index (χ1) is 8.02. The lowest BCUT2D eigenvalue weighted by molar-refractivity contribution is 0.0696. The zero-order valence-corrected chi connectivity index (χ0v) is 10.6. The van der Waals surface area contributed by atoms with Crippen molar-refractivity contribution < 1.29 is 9.90 Å². The molecule has 0 aliphatic carbocycles. The van der Waals surface area contributed by atoms with E-state index in [0.717, 1.165) is 19.4 Å². The van der Waals surface area contributed by atoms with Gasteiger partial charge in [0.1, 0.15) is 17.7 Å². The van der Waals surface area contributed by atoms with Crippen LogP contribution in [0.15, 0.2) is 12.5 Å². The molecule has 0 atom stereocenters. The molecule has 0 radical (unpaired) electrons. The summed E-state index contributed by atoms with van der Waals surface area (Å²) in [6, 6.07) is 0. The Morgan fingerprint density at radius 1 is 1.53 bits per heavy atom. The maximum absolute atomic E-state index is 11.0. The van der Waals surface area contributed by atoms with E-state index in [1.807, 2.05) is 11.9 Å². The van der Waals surface area contributed by atoms with E-state index >= 15 is 0 Å². The molecule has 5 heteroatoms. The van der Waals surface area contributed by atoms with Gasteiger partial charge in [-0.1, -0.05) is 13.8 Å². The molecule has 0 fully saturated rings. The fraction of sp³-hybridized carbons (Fsp3) is 0.583. The van der Waals surface area contributed by atoms with Gasteiger partial charge in [0.05, 0.1) is 0 Å². The topological polar surface area (TPSA) is 66.3 Å². The van der Waals surface area contributed by atoms with Gasteiger partial charge in [0.2, 0.25) is 0 Å². The third-order valence-electron chi connectivity index (χ3n) is 2.56. The van der Waals surface area contributed by atoms with Crippen LogP contribution in [0.3, 0.4) is 0 Å². The number of carboxylic acids is 1. The fourth-order valence-electron chi connectivity index (χ4n) is 1.62. The van der Waals surface area contributed by atoms with Crippen molar-refractivity contribution in [3.63, 3.8) is 0 Å². The van der Waals surface area contributed by atoms with Gasteiger partial charge in [-0.25, -0.2) is 14.8 Å². The average Bonchev–Trinajstić information content (AvgIpc) is 2.28. The molecule has 5 nitrogen and oxygen atoms in total. The summed E-state index contributed by atoms with van der Waals surface area (Å²) < 4.78 is 0. The molecule has 1 heterocycles. The van der Waals surface area contributed by atoms with Crippen LogP contribution in [-0.2, 0) is 0 Å². The second-order valence-corrected chi connectivity index (χ2v) is 4.52. The second kappa shape index (κ2) is 6.18. The molecule has 0 aliphatic rings. The van der Waals surface area contributed by atoms with E-state index in [1.54, 1.807) is 0 Å². The summed E-state index contributed by atoms with van der Waals surface area (Å²) in [5, 5.41) is 9.02. The zero-order chi connectivity index (χ0) is 12.8. The Kier molecular flexibility index (Phi) is 4.87. The van der Waals surface area contributed by atoms with Crippen LogP contribution in [0.2, 0.25) is 0 Å². The SMILES string of the molecule is CC(C)CCCN(C)c1ncncc1C(=O)O. The molecule has 0 aromatic carbocycles. The van der Waals surface area contributed by atoms with Crippen LogP contribution in [0.4, 0.5) is 5.82 Å². The number of rotatable bonds is 6. The molecule has 17 heavy (non-hydrogen) atoms. The van der Waals surface area contributed by atoms with Crippen molar-refractivity contribution in [3.05, 3.63) is 18.1 Å². The van der Waals surface area contributed by atoms with Crippen LogP contribution in [-0.4, -0.2) is 34.6 Å². The van der Waals surface area contributed by atoms with E-state index in [4.69, 9.17) is 5.11 Å². The van der Waals surface area contributed by atoms with Gasteiger partial charge in [-0.3, -0.25) is 0 Å². The minimum absolute atomic E-state index is 0.152. The molecule has 1 aromatic rings. The number of carboxylic acid groups (broad SMARTS) is 1. The fourth-order valence-corrected chi connectivity index (χ4v) is 1.62. The van der Waals surface area contributed by atoms with Crippen molar-refractivity contribution in [3.8, 4) is 0 Å². The van der Waals surface area contributed by atoms with E-state index in [1.165, 1.54) is 12.5 Å². The van der Waals surface area contributed by atoms with Gasteiger partial charge in [0.15, 0.2) is 0 Å². The number of nitrogens with zero attached hydrogens (tertiary/aromatic N) is 3. The van der Waals surface area contributed by atoms with Crippen LogP contribution in [0.5, 0.6) is 0 Å². The Morgan fingerprint density at radius 3 is 2.82 bits per heavy atom. The molecule has 0 bridgehead atoms. The van der Waals surface area contributed by atoms with Crippen molar-refractivity contribution in [1.29, 1.82) is 0 Å². The first-order valence-corrected chi connectivity index (χ1v) is 5.76. The Hall–Kier alpha value is -1.65. The highest BCUT2D eigenvalue weighted by atomic mass is 16.4. The van der Waals surface area contributed by atoms with Crippen LogP contribution < -0.4 is 4.90 Å². The Morgan fingerprint density at radius 2 is 2.24 bits per heavy atom. The van der Waals surface area contributed by atoms with Crippen LogP contribution >= 0.6 is 0 Å². The highest BCUT2D eigenvalue weighted by molar-refractivity contribution is 5.92. The molecule has 0 saturated heterocycles. The highest BCUT2D eigenvalue weighted by Gasteiger charge is 2.14. The maximum atomic E-state index is 11.0. The number of anilines is 1. The number of aromatic nitrogens is 2. The minimum atomic E-state index is -0.990. The molecule has 0 saturated carbocycles. The van der Waals surface area contributed by atoms with Gasteiger partial charge < -0.3 is 10.0 Å². The predicted octanol–water partition coefficient (Wildman–Crippen LogP) is 2.05. The molecule has 0 aliphatic heterocycles. The normalized spacial score (nSPS) is 10.6. The van der Waals surface area contributed by atoms with Crippen molar-refractivity contribution >= 4 is 11.8 Å². The molecule has 1 rings (SSSR count). The summed E-state index contributed by atoms with van der Waals surface area (Å²) >= 11 is 0. The largest absolute Gasteiger partial charge is 0.477 e. The lowest BCUT2D eigenvalue weighted by atomic mass is 10.1. The summed E-state index contributed by atoms with van der Waals surface area (Å²) in [7, 11) is 1.86. The molecule has 94 valence electrons. The smallest absolute Gasteiger partial charge is 0.341 e. The van der Waals surface area contributed by atoms with Crippen molar-refractivity contribution in [1.82, 2.24) is 9.97 Å². The second-order valence-electron chi connectivity index (χ2n) is 4.52. The summed E-state index contributed by atoms with van der Waals surface area (Å²) in [4.78, 5) is 20.6. The Balaban J connectivity index is 2.68. The average molecular weight is 237 g/mol. The number of hydrogen-bond acceptors (Lipinski definition) is 4. The molecule has 0 amide bonds. The summed E-state index contributed by atoms with van der Waals surface area (Å²) in [6.07, 6.45) is 4.86. The number of carbonyl (C=O) groups is 1. The monoisotopic (exact) mass is 237 g/mol. The molecule has 1 aromatic heterocycles. The van der Waals surface area contributed by atoms with E-state index in [-0.39, 0.29) is 5.56 Å². The van der Waals surface area contributed by atoms with Crippen LogP contribution in [0.1, 0.15) is 37.0 Å². The predicted molar refractivity (Wildman–Crippen MR) is 66.3 cm³/mol. The minimum Gasteiger partial charge on any atom is -0.477 e. The first kappa shape index (κ1) is 13.4. The van der Waals surface area contributed by atoms with E-state index in [9.17, 15) is 4.79 Å². The number of hydrogen-bond donors (Lipinski definition) is 1. The lowest BCUT2D eigenvalue weighted by Crippen LogP contribution is -2.23. The van der Waals surface area contributed by atoms with E-state index in [0.29, 0.717) is 11.7 Å². The lowest BCUT2D eigenvalue weighted by Gasteiger charge is -2.19. The molecule has 0 unspecified atom stereocenters. The van der Waals surface area contributed by atoms with E-state index < -0.39 is 5.97 Å². The van der Waals surface area contributed by atoms with Gasteiger partial charge in [-0.15, -0.1) is 0 Å². The first-order valence-electron chi connectivity index (χ1n) is 5.76.